The number of aliphatic hydroxyl groups excluding tert-OH is 1. The van der Waals surface area contributed by atoms with Crippen molar-refractivity contribution in [1.29, 1.82) is 0 Å². The first kappa shape index (κ1) is 13.9. The Morgan fingerprint density at radius 2 is 2.21 bits per heavy atom. The molecule has 0 bridgehead atoms. The lowest BCUT2D eigenvalue weighted by Crippen LogP contribution is -2.40. The molecule has 1 aromatic rings. The number of benzene rings is 1. The third-order valence-corrected chi connectivity index (χ3v) is 3.51. The van der Waals surface area contributed by atoms with Gasteiger partial charge in [-0.1, -0.05) is 0 Å². The summed E-state index contributed by atoms with van der Waals surface area (Å²) in [5.74, 6) is -1.66. The zero-order chi connectivity index (χ0) is 13.8. The van der Waals surface area contributed by atoms with Crippen LogP contribution in [0.5, 0.6) is 0 Å². The van der Waals surface area contributed by atoms with Crippen LogP contribution in [0.25, 0.3) is 0 Å². The van der Waals surface area contributed by atoms with E-state index < -0.39 is 17.5 Å². The topological polar surface area (TPSA) is 40.5 Å². The molecule has 0 aliphatic carbocycles. The molecule has 0 radical (unpaired) electrons. The first-order valence-electron chi connectivity index (χ1n) is 6.47. The molecule has 1 unspecified atom stereocenters. The average Bonchev–Trinajstić information content (AvgIpc) is 2.39. The molecule has 1 amide bonds. The second-order valence-electron chi connectivity index (χ2n) is 4.90. The second-order valence-corrected chi connectivity index (χ2v) is 4.90. The number of carbonyl (C=O) groups is 1. The number of piperidine rings is 1. The fourth-order valence-corrected chi connectivity index (χ4v) is 2.50. The number of nitrogens with zero attached hydrogens (tertiary/aromatic N) is 1. The predicted octanol–water partition coefficient (Wildman–Crippen LogP) is 2.20. The Bertz CT molecular complexity index is 463. The van der Waals surface area contributed by atoms with E-state index in [2.05, 4.69) is 0 Å². The molecule has 0 spiro atoms. The highest BCUT2D eigenvalue weighted by molar-refractivity contribution is 5.94. The van der Waals surface area contributed by atoms with Gasteiger partial charge in [0, 0.05) is 25.8 Å². The van der Waals surface area contributed by atoms with Gasteiger partial charge in [-0.2, -0.15) is 0 Å². The molecule has 1 saturated heterocycles. The summed E-state index contributed by atoms with van der Waals surface area (Å²) in [4.78, 5) is 13.8. The molecule has 1 atom stereocenters. The van der Waals surface area contributed by atoms with Crippen LogP contribution in [-0.2, 0) is 0 Å². The van der Waals surface area contributed by atoms with Gasteiger partial charge < -0.3 is 10.0 Å². The Balaban J connectivity index is 2.10. The van der Waals surface area contributed by atoms with Gasteiger partial charge in [-0.25, -0.2) is 8.78 Å². The molecule has 1 aromatic carbocycles. The van der Waals surface area contributed by atoms with Crippen LogP contribution in [0.3, 0.4) is 0 Å². The van der Waals surface area contributed by atoms with E-state index in [0.29, 0.717) is 19.5 Å². The Hall–Kier alpha value is -1.49. The largest absolute Gasteiger partial charge is 0.396 e. The normalized spacial score (nSPS) is 19.5. The van der Waals surface area contributed by atoms with Crippen LogP contribution in [0.2, 0.25) is 0 Å². The van der Waals surface area contributed by atoms with Crippen molar-refractivity contribution in [3.05, 3.63) is 35.4 Å². The molecule has 1 aliphatic rings. The van der Waals surface area contributed by atoms with Crippen molar-refractivity contribution < 1.29 is 18.7 Å². The standard InChI is InChI=1S/C14H17F2NO2/c15-11-3-4-12(13(16)8-11)14(19)17-6-1-2-10(9-17)5-7-18/h3-4,8,10,18H,1-2,5-7,9H2. The van der Waals surface area contributed by atoms with E-state index in [-0.39, 0.29) is 18.1 Å². The molecule has 0 aromatic heterocycles. The molecule has 0 saturated carbocycles. The Kier molecular flexibility index (Phi) is 4.47. The van der Waals surface area contributed by atoms with Crippen molar-refractivity contribution in [2.75, 3.05) is 19.7 Å². The van der Waals surface area contributed by atoms with Gasteiger partial charge in [0.25, 0.3) is 5.91 Å². The number of carbonyl (C=O) groups excluding carboxylic acids is 1. The van der Waals surface area contributed by atoms with Crippen LogP contribution < -0.4 is 0 Å². The molecule has 5 heteroatoms. The summed E-state index contributed by atoms with van der Waals surface area (Å²) in [6.07, 6.45) is 2.46. The summed E-state index contributed by atoms with van der Waals surface area (Å²) in [5, 5.41) is 8.93. The van der Waals surface area contributed by atoms with Crippen LogP contribution in [0, 0.1) is 17.6 Å². The molecular formula is C14H17F2NO2. The minimum atomic E-state index is -0.825. The smallest absolute Gasteiger partial charge is 0.256 e. The van der Waals surface area contributed by atoms with E-state index >= 15 is 0 Å². The highest BCUT2D eigenvalue weighted by atomic mass is 19.1. The number of likely N-dealkylation sites (tertiary alicyclic amines) is 1. The van der Waals surface area contributed by atoms with Crippen molar-refractivity contribution in [1.82, 2.24) is 4.90 Å². The third-order valence-electron chi connectivity index (χ3n) is 3.51. The summed E-state index contributed by atoms with van der Waals surface area (Å²) >= 11 is 0. The van der Waals surface area contributed by atoms with E-state index in [4.69, 9.17) is 5.11 Å². The molecular weight excluding hydrogens is 252 g/mol. The van der Waals surface area contributed by atoms with Crippen LogP contribution in [-0.4, -0.2) is 35.6 Å². The van der Waals surface area contributed by atoms with Crippen LogP contribution in [0.1, 0.15) is 29.6 Å². The van der Waals surface area contributed by atoms with E-state index in [1.807, 2.05) is 0 Å². The zero-order valence-electron chi connectivity index (χ0n) is 10.6. The lowest BCUT2D eigenvalue weighted by atomic mass is 9.94. The third kappa shape index (κ3) is 3.29. The van der Waals surface area contributed by atoms with Gasteiger partial charge in [0.05, 0.1) is 5.56 Å². The van der Waals surface area contributed by atoms with E-state index in [0.717, 1.165) is 25.0 Å². The van der Waals surface area contributed by atoms with Gasteiger partial charge >= 0.3 is 0 Å². The predicted molar refractivity (Wildman–Crippen MR) is 66.7 cm³/mol. The van der Waals surface area contributed by atoms with E-state index in [1.165, 1.54) is 6.07 Å². The van der Waals surface area contributed by atoms with Gasteiger partial charge in [0.2, 0.25) is 0 Å². The molecule has 104 valence electrons. The highest BCUT2D eigenvalue weighted by Gasteiger charge is 2.25. The Morgan fingerprint density at radius 3 is 2.89 bits per heavy atom. The molecule has 1 aliphatic heterocycles. The van der Waals surface area contributed by atoms with E-state index in [9.17, 15) is 13.6 Å². The summed E-state index contributed by atoms with van der Waals surface area (Å²) < 4.78 is 26.4. The van der Waals surface area contributed by atoms with Crippen LogP contribution in [0.15, 0.2) is 18.2 Å². The van der Waals surface area contributed by atoms with Gasteiger partial charge in [0.1, 0.15) is 11.6 Å². The highest BCUT2D eigenvalue weighted by Crippen LogP contribution is 2.22. The zero-order valence-corrected chi connectivity index (χ0v) is 10.6. The maximum atomic E-state index is 13.6. The van der Waals surface area contributed by atoms with Crippen molar-refractivity contribution >= 4 is 5.91 Å². The number of rotatable bonds is 3. The number of hydrogen-bond acceptors (Lipinski definition) is 2. The summed E-state index contributed by atoms with van der Waals surface area (Å²) in [5.41, 5.74) is -0.0916. The molecule has 1 N–H and O–H groups in total. The number of hydrogen-bond donors (Lipinski definition) is 1. The fraction of sp³-hybridized carbons (Fsp3) is 0.500. The average molecular weight is 269 g/mol. The quantitative estimate of drug-likeness (QED) is 0.914. The molecule has 1 fully saturated rings. The van der Waals surface area contributed by atoms with Gasteiger partial charge in [-0.05, 0) is 37.3 Å². The molecule has 3 nitrogen and oxygen atoms in total. The van der Waals surface area contributed by atoms with Gasteiger partial charge in [-0.3, -0.25) is 4.79 Å². The van der Waals surface area contributed by atoms with Crippen molar-refractivity contribution in [3.8, 4) is 0 Å². The van der Waals surface area contributed by atoms with Crippen LogP contribution in [0.4, 0.5) is 8.78 Å². The number of aliphatic hydroxyl groups is 1. The lowest BCUT2D eigenvalue weighted by molar-refractivity contribution is 0.0649. The maximum Gasteiger partial charge on any atom is 0.256 e. The Morgan fingerprint density at radius 1 is 1.42 bits per heavy atom. The van der Waals surface area contributed by atoms with Crippen LogP contribution >= 0.6 is 0 Å². The maximum absolute atomic E-state index is 13.6. The monoisotopic (exact) mass is 269 g/mol. The minimum Gasteiger partial charge on any atom is -0.396 e. The lowest BCUT2D eigenvalue weighted by Gasteiger charge is -2.32. The second kappa shape index (κ2) is 6.10. The Labute approximate surface area is 110 Å². The first-order chi connectivity index (χ1) is 9.11. The molecule has 19 heavy (non-hydrogen) atoms. The number of halogens is 2. The molecule has 1 heterocycles. The summed E-state index contributed by atoms with van der Waals surface area (Å²) in [6, 6.07) is 3.00. The van der Waals surface area contributed by atoms with E-state index in [1.54, 1.807) is 4.90 Å². The number of amides is 1. The minimum absolute atomic E-state index is 0.0916. The van der Waals surface area contributed by atoms with Crippen molar-refractivity contribution in [3.63, 3.8) is 0 Å². The van der Waals surface area contributed by atoms with Gasteiger partial charge in [-0.15, -0.1) is 0 Å². The van der Waals surface area contributed by atoms with Gasteiger partial charge in [0.15, 0.2) is 0 Å². The summed E-state index contributed by atoms with van der Waals surface area (Å²) in [7, 11) is 0. The van der Waals surface area contributed by atoms with Crippen molar-refractivity contribution in [2.45, 2.75) is 19.3 Å². The fourth-order valence-electron chi connectivity index (χ4n) is 2.50. The molecule has 2 rings (SSSR count). The first-order valence-corrected chi connectivity index (χ1v) is 6.47. The summed E-state index contributed by atoms with van der Waals surface area (Å²) in [6.45, 7) is 1.20. The SMILES string of the molecule is O=C(c1ccc(F)cc1F)N1CCCC(CCO)C1. The van der Waals surface area contributed by atoms with Crippen molar-refractivity contribution in [2.24, 2.45) is 5.92 Å².